The molecule has 0 heterocycles. The zero-order valence-corrected chi connectivity index (χ0v) is 11.2. The molecular weight excluding hydrogens is 228 g/mol. The van der Waals surface area contributed by atoms with E-state index < -0.39 is 5.97 Å². The van der Waals surface area contributed by atoms with Crippen molar-refractivity contribution in [2.24, 2.45) is 0 Å². The van der Waals surface area contributed by atoms with Crippen molar-refractivity contribution in [3.05, 3.63) is 28.8 Å². The fraction of sp³-hybridized carbons (Fsp3) is 0.533. The Morgan fingerprint density at radius 2 is 1.89 bits per heavy atom. The first kappa shape index (κ1) is 14.6. The van der Waals surface area contributed by atoms with E-state index in [-0.39, 0.29) is 11.3 Å². The van der Waals surface area contributed by atoms with Gasteiger partial charge in [0, 0.05) is 0 Å². The maximum Gasteiger partial charge on any atom is 0.339 e. The standard InChI is InChI=1S/C15H22O3/c1-3-5-6-7-8-11-9-10-13(15(17)18)14(16)12(11)4-2/h9-10,16H,3-8H2,1-2H3,(H,17,18). The maximum absolute atomic E-state index is 10.9. The third-order valence-corrected chi connectivity index (χ3v) is 3.26. The zero-order chi connectivity index (χ0) is 13.5. The van der Waals surface area contributed by atoms with Gasteiger partial charge in [-0.1, -0.05) is 39.2 Å². The molecule has 0 aliphatic heterocycles. The number of carboxylic acid groups (broad SMARTS) is 1. The van der Waals surface area contributed by atoms with E-state index in [0.717, 1.165) is 24.0 Å². The zero-order valence-electron chi connectivity index (χ0n) is 11.2. The molecular formula is C15H22O3. The number of aromatic hydroxyl groups is 1. The first-order valence-corrected chi connectivity index (χ1v) is 6.68. The Morgan fingerprint density at radius 3 is 2.44 bits per heavy atom. The third kappa shape index (κ3) is 3.49. The molecule has 0 unspecified atom stereocenters. The average Bonchev–Trinajstić information content (AvgIpc) is 2.34. The van der Waals surface area contributed by atoms with E-state index in [2.05, 4.69) is 6.92 Å². The molecule has 0 aliphatic carbocycles. The molecule has 0 radical (unpaired) electrons. The van der Waals surface area contributed by atoms with Crippen LogP contribution in [0.5, 0.6) is 5.75 Å². The van der Waals surface area contributed by atoms with Crippen LogP contribution in [0.2, 0.25) is 0 Å². The van der Waals surface area contributed by atoms with Gasteiger partial charge in [0.1, 0.15) is 11.3 Å². The van der Waals surface area contributed by atoms with Gasteiger partial charge in [0.2, 0.25) is 0 Å². The molecule has 0 aliphatic rings. The van der Waals surface area contributed by atoms with Crippen molar-refractivity contribution in [2.75, 3.05) is 0 Å². The molecule has 1 rings (SSSR count). The van der Waals surface area contributed by atoms with Crippen LogP contribution < -0.4 is 0 Å². The summed E-state index contributed by atoms with van der Waals surface area (Å²) in [5.74, 6) is -1.13. The summed E-state index contributed by atoms with van der Waals surface area (Å²) in [6.45, 7) is 4.11. The van der Waals surface area contributed by atoms with Crippen LogP contribution in [-0.4, -0.2) is 16.2 Å². The summed E-state index contributed by atoms with van der Waals surface area (Å²) in [6.07, 6.45) is 6.27. The number of aromatic carboxylic acids is 1. The van der Waals surface area contributed by atoms with Crippen molar-refractivity contribution >= 4 is 5.97 Å². The van der Waals surface area contributed by atoms with Crippen molar-refractivity contribution in [3.63, 3.8) is 0 Å². The Balaban J connectivity index is 2.86. The Hall–Kier alpha value is -1.51. The van der Waals surface area contributed by atoms with Crippen LogP contribution in [0.4, 0.5) is 0 Å². The van der Waals surface area contributed by atoms with Gasteiger partial charge in [0.15, 0.2) is 0 Å². The minimum Gasteiger partial charge on any atom is -0.507 e. The van der Waals surface area contributed by atoms with Gasteiger partial charge in [-0.05, 0) is 36.5 Å². The number of hydrogen-bond donors (Lipinski definition) is 2. The van der Waals surface area contributed by atoms with E-state index in [9.17, 15) is 9.90 Å². The molecule has 1 aromatic carbocycles. The Bertz CT molecular complexity index is 410. The molecule has 3 nitrogen and oxygen atoms in total. The van der Waals surface area contributed by atoms with Crippen LogP contribution in [-0.2, 0) is 12.8 Å². The lowest BCUT2D eigenvalue weighted by Gasteiger charge is -2.12. The summed E-state index contributed by atoms with van der Waals surface area (Å²) >= 11 is 0. The summed E-state index contributed by atoms with van der Waals surface area (Å²) in [5, 5.41) is 18.9. The molecule has 1 aromatic rings. The third-order valence-electron chi connectivity index (χ3n) is 3.26. The molecule has 18 heavy (non-hydrogen) atoms. The van der Waals surface area contributed by atoms with Gasteiger partial charge in [-0.3, -0.25) is 0 Å². The quantitative estimate of drug-likeness (QED) is 0.724. The molecule has 0 amide bonds. The minimum atomic E-state index is -1.07. The Labute approximate surface area is 108 Å². The van der Waals surface area contributed by atoms with Crippen molar-refractivity contribution in [2.45, 2.75) is 52.4 Å². The fourth-order valence-corrected chi connectivity index (χ4v) is 2.22. The van der Waals surface area contributed by atoms with Crippen LogP contribution in [0.15, 0.2) is 12.1 Å². The predicted molar refractivity (Wildman–Crippen MR) is 72.3 cm³/mol. The van der Waals surface area contributed by atoms with Crippen LogP contribution in [0.3, 0.4) is 0 Å². The van der Waals surface area contributed by atoms with E-state index in [0.29, 0.717) is 6.42 Å². The molecule has 0 bridgehead atoms. The van der Waals surface area contributed by atoms with E-state index in [4.69, 9.17) is 5.11 Å². The summed E-state index contributed by atoms with van der Waals surface area (Å²) in [4.78, 5) is 10.9. The molecule has 0 fully saturated rings. The summed E-state index contributed by atoms with van der Waals surface area (Å²) in [5.41, 5.74) is 1.87. The average molecular weight is 250 g/mol. The molecule has 0 atom stereocenters. The van der Waals surface area contributed by atoms with Crippen LogP contribution in [0.25, 0.3) is 0 Å². The normalized spacial score (nSPS) is 10.6. The molecule has 2 N–H and O–H groups in total. The number of carbonyl (C=O) groups is 1. The number of aryl methyl sites for hydroxylation is 1. The highest BCUT2D eigenvalue weighted by Crippen LogP contribution is 2.28. The molecule has 100 valence electrons. The molecule has 0 aromatic heterocycles. The number of phenols is 1. The summed E-state index contributed by atoms with van der Waals surface area (Å²) in [7, 11) is 0. The largest absolute Gasteiger partial charge is 0.507 e. The predicted octanol–water partition coefficient (Wildman–Crippen LogP) is 3.78. The SMILES string of the molecule is CCCCCCc1ccc(C(=O)O)c(O)c1CC. The van der Waals surface area contributed by atoms with E-state index >= 15 is 0 Å². The Kier molecular flexibility index (Phi) is 5.69. The molecule has 3 heteroatoms. The number of hydrogen-bond acceptors (Lipinski definition) is 2. The summed E-state index contributed by atoms with van der Waals surface area (Å²) in [6, 6.07) is 3.35. The molecule has 0 saturated carbocycles. The Morgan fingerprint density at radius 1 is 1.17 bits per heavy atom. The second kappa shape index (κ2) is 7.04. The van der Waals surface area contributed by atoms with Crippen molar-refractivity contribution in [3.8, 4) is 5.75 Å². The van der Waals surface area contributed by atoms with Gasteiger partial charge in [-0.2, -0.15) is 0 Å². The topological polar surface area (TPSA) is 57.5 Å². The van der Waals surface area contributed by atoms with Crippen molar-refractivity contribution in [1.82, 2.24) is 0 Å². The lowest BCUT2D eigenvalue weighted by molar-refractivity contribution is 0.0693. The lowest BCUT2D eigenvalue weighted by Crippen LogP contribution is -2.02. The van der Waals surface area contributed by atoms with E-state index in [1.54, 1.807) is 0 Å². The molecule has 0 saturated heterocycles. The van der Waals surface area contributed by atoms with E-state index in [1.165, 1.54) is 25.3 Å². The van der Waals surface area contributed by atoms with Crippen LogP contribution in [0, 0.1) is 0 Å². The van der Waals surface area contributed by atoms with Gasteiger partial charge in [-0.25, -0.2) is 4.79 Å². The van der Waals surface area contributed by atoms with Crippen LogP contribution >= 0.6 is 0 Å². The van der Waals surface area contributed by atoms with Crippen molar-refractivity contribution in [1.29, 1.82) is 0 Å². The minimum absolute atomic E-state index is 0.00385. The highest BCUT2D eigenvalue weighted by atomic mass is 16.4. The smallest absolute Gasteiger partial charge is 0.339 e. The number of carboxylic acids is 1. The highest BCUT2D eigenvalue weighted by Gasteiger charge is 2.15. The first-order valence-electron chi connectivity index (χ1n) is 6.68. The maximum atomic E-state index is 10.9. The number of unbranched alkanes of at least 4 members (excludes halogenated alkanes) is 3. The number of benzene rings is 1. The van der Waals surface area contributed by atoms with Crippen molar-refractivity contribution < 1.29 is 15.0 Å². The van der Waals surface area contributed by atoms with Crippen LogP contribution in [0.1, 0.15) is 61.0 Å². The van der Waals surface area contributed by atoms with Gasteiger partial charge in [-0.15, -0.1) is 0 Å². The number of rotatable bonds is 7. The first-order chi connectivity index (χ1) is 8.61. The summed E-state index contributed by atoms with van der Waals surface area (Å²) < 4.78 is 0. The monoisotopic (exact) mass is 250 g/mol. The van der Waals surface area contributed by atoms with Gasteiger partial charge in [0.05, 0.1) is 0 Å². The lowest BCUT2D eigenvalue weighted by atomic mass is 9.96. The fourth-order valence-electron chi connectivity index (χ4n) is 2.22. The van der Waals surface area contributed by atoms with Gasteiger partial charge in [0.25, 0.3) is 0 Å². The van der Waals surface area contributed by atoms with E-state index in [1.807, 2.05) is 13.0 Å². The second-order valence-electron chi connectivity index (χ2n) is 4.57. The van der Waals surface area contributed by atoms with Gasteiger partial charge >= 0.3 is 5.97 Å². The second-order valence-corrected chi connectivity index (χ2v) is 4.57. The molecule has 0 spiro atoms. The highest BCUT2D eigenvalue weighted by molar-refractivity contribution is 5.91. The van der Waals surface area contributed by atoms with Gasteiger partial charge < -0.3 is 10.2 Å².